The lowest BCUT2D eigenvalue weighted by molar-refractivity contribution is -0.120. The Balaban J connectivity index is 2.07. The number of anilines is 1. The van der Waals surface area contributed by atoms with Gasteiger partial charge in [0.15, 0.2) is 0 Å². The first-order chi connectivity index (χ1) is 11.9. The number of nitrogens with one attached hydrogen (secondary N) is 1. The summed E-state index contributed by atoms with van der Waals surface area (Å²) in [5.74, 6) is -0.231. The van der Waals surface area contributed by atoms with Crippen LogP contribution in [0.25, 0.3) is 0 Å². The Labute approximate surface area is 155 Å². The van der Waals surface area contributed by atoms with Crippen molar-refractivity contribution in [3.8, 4) is 0 Å². The molecule has 1 aliphatic rings. The van der Waals surface area contributed by atoms with Crippen LogP contribution >= 0.6 is 11.8 Å². The second-order valence-corrected chi connectivity index (χ2v) is 9.37. The van der Waals surface area contributed by atoms with Crippen molar-refractivity contribution in [1.29, 1.82) is 0 Å². The molecular weight excluding hydrogens is 356 g/mol. The molecule has 1 aromatic carbocycles. The zero-order valence-electron chi connectivity index (χ0n) is 15.0. The molecule has 25 heavy (non-hydrogen) atoms. The minimum atomic E-state index is -3.53. The number of nitrogens with zero attached hydrogens (tertiary/aromatic N) is 1. The summed E-state index contributed by atoms with van der Waals surface area (Å²) in [4.78, 5) is 13.4. The third-order valence-corrected chi connectivity index (χ3v) is 6.37. The normalized spacial score (nSPS) is 16.7. The number of hydrogen-bond donors (Lipinski definition) is 1. The van der Waals surface area contributed by atoms with E-state index in [1.54, 1.807) is 23.9 Å². The molecule has 7 heteroatoms. The molecule has 1 fully saturated rings. The highest BCUT2D eigenvalue weighted by molar-refractivity contribution is 7.98. The van der Waals surface area contributed by atoms with Gasteiger partial charge >= 0.3 is 0 Å². The van der Waals surface area contributed by atoms with Crippen molar-refractivity contribution in [2.45, 2.75) is 55.9 Å². The lowest BCUT2D eigenvalue weighted by atomic mass is 9.97. The molecular formula is C18H28N2O3S2. The molecule has 0 aliphatic heterocycles. The molecule has 1 N–H and O–H groups in total. The molecule has 1 amide bonds. The first kappa shape index (κ1) is 20.1. The Morgan fingerprint density at radius 1 is 1.20 bits per heavy atom. The molecule has 0 atom stereocenters. The predicted octanol–water partition coefficient (Wildman–Crippen LogP) is 3.40. The topological polar surface area (TPSA) is 66.5 Å². The summed E-state index contributed by atoms with van der Waals surface area (Å²) in [7, 11) is -3.53. The Hall–Kier alpha value is -1.21. The molecule has 0 aromatic heterocycles. The van der Waals surface area contributed by atoms with E-state index in [0.29, 0.717) is 5.69 Å². The van der Waals surface area contributed by atoms with Gasteiger partial charge in [0.05, 0.1) is 11.9 Å². The van der Waals surface area contributed by atoms with Crippen LogP contribution in [0.3, 0.4) is 0 Å². The third-order valence-electron chi connectivity index (χ3n) is 4.50. The van der Waals surface area contributed by atoms with Crippen molar-refractivity contribution in [2.75, 3.05) is 23.4 Å². The highest BCUT2D eigenvalue weighted by Gasteiger charge is 2.22. The fraction of sp³-hybridized carbons (Fsp3) is 0.611. The van der Waals surface area contributed by atoms with Crippen molar-refractivity contribution >= 4 is 33.4 Å². The zero-order valence-corrected chi connectivity index (χ0v) is 16.7. The largest absolute Gasteiger partial charge is 0.352 e. The number of rotatable bonds is 6. The number of benzene rings is 1. The van der Waals surface area contributed by atoms with Gasteiger partial charge in [-0.05, 0) is 37.3 Å². The highest BCUT2D eigenvalue weighted by atomic mass is 32.2. The lowest BCUT2D eigenvalue weighted by Gasteiger charge is -2.25. The summed E-state index contributed by atoms with van der Waals surface area (Å²) < 4.78 is 25.6. The van der Waals surface area contributed by atoms with Gasteiger partial charge in [0.25, 0.3) is 0 Å². The number of sulfonamides is 1. The van der Waals surface area contributed by atoms with Gasteiger partial charge in [-0.2, -0.15) is 0 Å². The molecule has 5 nitrogen and oxygen atoms in total. The number of carbonyl (C=O) groups is 1. The predicted molar refractivity (Wildman–Crippen MR) is 105 cm³/mol. The van der Waals surface area contributed by atoms with Crippen LogP contribution in [0.2, 0.25) is 0 Å². The summed E-state index contributed by atoms with van der Waals surface area (Å²) in [6, 6.07) is 7.42. The SMILES string of the molecule is CSc1cccc(N(CC(=O)NC2CCCCCCC2)S(C)(=O)=O)c1. The monoisotopic (exact) mass is 384 g/mol. The Kier molecular flexibility index (Phi) is 7.62. The molecule has 0 bridgehead atoms. The van der Waals surface area contributed by atoms with Gasteiger partial charge < -0.3 is 5.32 Å². The average molecular weight is 385 g/mol. The van der Waals surface area contributed by atoms with Crippen LogP contribution in [0, 0.1) is 0 Å². The smallest absolute Gasteiger partial charge is 0.240 e. The maximum Gasteiger partial charge on any atom is 0.240 e. The molecule has 0 heterocycles. The van der Waals surface area contributed by atoms with E-state index in [0.717, 1.165) is 36.8 Å². The second kappa shape index (κ2) is 9.48. The minimum Gasteiger partial charge on any atom is -0.352 e. The maximum atomic E-state index is 12.5. The van der Waals surface area contributed by atoms with Crippen molar-refractivity contribution in [3.05, 3.63) is 24.3 Å². The van der Waals surface area contributed by atoms with Crippen LogP contribution in [-0.2, 0) is 14.8 Å². The first-order valence-electron chi connectivity index (χ1n) is 8.81. The summed E-state index contributed by atoms with van der Waals surface area (Å²) in [6.07, 6.45) is 11.0. The van der Waals surface area contributed by atoms with Crippen molar-refractivity contribution < 1.29 is 13.2 Å². The van der Waals surface area contributed by atoms with Crippen LogP contribution in [-0.4, -0.2) is 39.4 Å². The molecule has 0 spiro atoms. The molecule has 1 aliphatic carbocycles. The molecule has 0 radical (unpaired) electrons. The average Bonchev–Trinajstić information content (AvgIpc) is 2.54. The summed E-state index contributed by atoms with van der Waals surface area (Å²) in [5.41, 5.74) is 0.530. The fourth-order valence-corrected chi connectivity index (χ4v) is 4.47. The van der Waals surface area contributed by atoms with Gasteiger partial charge in [-0.1, -0.05) is 38.2 Å². The highest BCUT2D eigenvalue weighted by Crippen LogP contribution is 2.24. The molecule has 2 rings (SSSR count). The minimum absolute atomic E-state index is 0.159. The van der Waals surface area contributed by atoms with Crippen LogP contribution in [0.15, 0.2) is 29.2 Å². The van der Waals surface area contributed by atoms with Crippen molar-refractivity contribution in [3.63, 3.8) is 0 Å². The van der Waals surface area contributed by atoms with Crippen molar-refractivity contribution in [1.82, 2.24) is 5.32 Å². The second-order valence-electron chi connectivity index (χ2n) is 6.58. The standard InChI is InChI=1S/C18H28N2O3S2/c1-24-17-12-8-11-16(13-17)20(25(2,22)23)14-18(21)19-15-9-6-4-3-5-7-10-15/h8,11-13,15H,3-7,9-10,14H2,1-2H3,(H,19,21). The van der Waals surface area contributed by atoms with Gasteiger partial charge in [0, 0.05) is 10.9 Å². The molecule has 0 unspecified atom stereocenters. The van der Waals surface area contributed by atoms with Crippen LogP contribution in [0.4, 0.5) is 5.69 Å². The van der Waals surface area contributed by atoms with Gasteiger partial charge in [-0.15, -0.1) is 11.8 Å². The van der Waals surface area contributed by atoms with E-state index >= 15 is 0 Å². The van der Waals surface area contributed by atoms with Crippen LogP contribution in [0.5, 0.6) is 0 Å². The number of amides is 1. The Bertz CT molecular complexity index is 669. The summed E-state index contributed by atoms with van der Waals surface area (Å²) in [6.45, 7) is -0.173. The zero-order chi connectivity index (χ0) is 18.3. The molecule has 1 aromatic rings. The summed E-state index contributed by atoms with van der Waals surface area (Å²) in [5, 5.41) is 3.04. The number of thioether (sulfide) groups is 1. The van der Waals surface area contributed by atoms with E-state index in [4.69, 9.17) is 0 Å². The molecule has 0 saturated heterocycles. The summed E-state index contributed by atoms with van der Waals surface area (Å²) >= 11 is 1.54. The Morgan fingerprint density at radius 2 is 1.84 bits per heavy atom. The molecule has 140 valence electrons. The van der Waals surface area contributed by atoms with E-state index < -0.39 is 10.0 Å². The van der Waals surface area contributed by atoms with Crippen LogP contribution in [0.1, 0.15) is 44.9 Å². The van der Waals surface area contributed by atoms with E-state index in [2.05, 4.69) is 5.32 Å². The maximum absolute atomic E-state index is 12.5. The fourth-order valence-electron chi connectivity index (χ4n) is 3.17. The van der Waals surface area contributed by atoms with E-state index in [-0.39, 0.29) is 18.5 Å². The van der Waals surface area contributed by atoms with Gasteiger partial charge in [0.2, 0.25) is 15.9 Å². The first-order valence-corrected chi connectivity index (χ1v) is 11.9. The van der Waals surface area contributed by atoms with Crippen LogP contribution < -0.4 is 9.62 Å². The Morgan fingerprint density at radius 3 is 2.44 bits per heavy atom. The van der Waals surface area contributed by atoms with Gasteiger partial charge in [-0.25, -0.2) is 8.42 Å². The van der Waals surface area contributed by atoms with Crippen molar-refractivity contribution in [2.24, 2.45) is 0 Å². The number of hydrogen-bond acceptors (Lipinski definition) is 4. The van der Waals surface area contributed by atoms with E-state index in [9.17, 15) is 13.2 Å². The number of carbonyl (C=O) groups excluding carboxylic acids is 1. The quantitative estimate of drug-likeness (QED) is 0.764. The molecule has 1 saturated carbocycles. The third kappa shape index (κ3) is 6.55. The van der Waals surface area contributed by atoms with E-state index in [1.807, 2.05) is 18.4 Å². The lowest BCUT2D eigenvalue weighted by Crippen LogP contribution is -2.44. The van der Waals surface area contributed by atoms with E-state index in [1.165, 1.54) is 23.6 Å². The van der Waals surface area contributed by atoms with Gasteiger partial charge in [-0.3, -0.25) is 9.10 Å². The van der Waals surface area contributed by atoms with Gasteiger partial charge in [0.1, 0.15) is 6.54 Å².